The van der Waals surface area contributed by atoms with Gasteiger partial charge in [-0.15, -0.1) is 12.4 Å². The average Bonchev–Trinajstić information content (AvgIpc) is 2.31. The van der Waals surface area contributed by atoms with E-state index in [0.717, 1.165) is 5.92 Å². The summed E-state index contributed by atoms with van der Waals surface area (Å²) in [5.41, 5.74) is 5.92. The number of unbranched alkanes of at least 4 members (excludes halogenated alkanes) is 1. The van der Waals surface area contributed by atoms with Crippen molar-refractivity contribution in [2.75, 3.05) is 0 Å². The maximum Gasteiger partial charge on any atom is 0.00671 e. The van der Waals surface area contributed by atoms with Crippen LogP contribution in [0.5, 0.6) is 0 Å². The van der Waals surface area contributed by atoms with Crippen molar-refractivity contribution in [2.45, 2.75) is 51.5 Å². The Balaban J connectivity index is 0.000001000. The molecule has 1 fully saturated rings. The molecular formula is C9H20ClN. The molecule has 2 unspecified atom stereocenters. The Labute approximate surface area is 76.1 Å². The Morgan fingerprint density at radius 3 is 2.55 bits per heavy atom. The van der Waals surface area contributed by atoms with E-state index in [-0.39, 0.29) is 12.4 Å². The number of halogens is 1. The van der Waals surface area contributed by atoms with Crippen molar-refractivity contribution < 1.29 is 0 Å². The van der Waals surface area contributed by atoms with Gasteiger partial charge >= 0.3 is 0 Å². The lowest BCUT2D eigenvalue weighted by Gasteiger charge is -2.13. The van der Waals surface area contributed by atoms with Crippen LogP contribution in [0.3, 0.4) is 0 Å². The molecule has 1 rings (SSSR count). The van der Waals surface area contributed by atoms with E-state index in [1.165, 1.54) is 38.5 Å². The zero-order valence-corrected chi connectivity index (χ0v) is 8.20. The van der Waals surface area contributed by atoms with Crippen molar-refractivity contribution in [1.82, 2.24) is 0 Å². The SMILES string of the molecule is CCCCC1CCCC1N.Cl. The van der Waals surface area contributed by atoms with Gasteiger partial charge in [-0.3, -0.25) is 0 Å². The maximum absolute atomic E-state index is 5.92. The lowest BCUT2D eigenvalue weighted by Crippen LogP contribution is -2.24. The summed E-state index contributed by atoms with van der Waals surface area (Å²) in [7, 11) is 0. The van der Waals surface area contributed by atoms with E-state index < -0.39 is 0 Å². The van der Waals surface area contributed by atoms with Crippen molar-refractivity contribution in [2.24, 2.45) is 11.7 Å². The molecule has 0 bridgehead atoms. The van der Waals surface area contributed by atoms with Crippen molar-refractivity contribution in [3.63, 3.8) is 0 Å². The van der Waals surface area contributed by atoms with Gasteiger partial charge in [0.2, 0.25) is 0 Å². The van der Waals surface area contributed by atoms with Crippen LogP contribution in [0.15, 0.2) is 0 Å². The molecule has 11 heavy (non-hydrogen) atoms. The van der Waals surface area contributed by atoms with E-state index in [9.17, 15) is 0 Å². The van der Waals surface area contributed by atoms with E-state index in [4.69, 9.17) is 5.73 Å². The Morgan fingerprint density at radius 1 is 1.36 bits per heavy atom. The second-order valence-corrected chi connectivity index (χ2v) is 3.50. The molecule has 0 saturated heterocycles. The molecule has 0 amide bonds. The highest BCUT2D eigenvalue weighted by Crippen LogP contribution is 2.27. The van der Waals surface area contributed by atoms with E-state index in [1.54, 1.807) is 0 Å². The molecule has 1 aliphatic carbocycles. The van der Waals surface area contributed by atoms with Gasteiger partial charge in [0.05, 0.1) is 0 Å². The topological polar surface area (TPSA) is 26.0 Å². The summed E-state index contributed by atoms with van der Waals surface area (Å²) in [5, 5.41) is 0. The van der Waals surface area contributed by atoms with Gasteiger partial charge < -0.3 is 5.73 Å². The number of hydrogen-bond acceptors (Lipinski definition) is 1. The molecule has 2 atom stereocenters. The second-order valence-electron chi connectivity index (χ2n) is 3.50. The number of nitrogens with two attached hydrogens (primary N) is 1. The van der Waals surface area contributed by atoms with Crippen molar-refractivity contribution in [3.05, 3.63) is 0 Å². The van der Waals surface area contributed by atoms with Gasteiger partial charge in [0.25, 0.3) is 0 Å². The summed E-state index contributed by atoms with van der Waals surface area (Å²) in [6.07, 6.45) is 8.10. The first-order valence-electron chi connectivity index (χ1n) is 4.60. The Hall–Kier alpha value is 0.250. The van der Waals surface area contributed by atoms with Crippen molar-refractivity contribution in [1.29, 1.82) is 0 Å². The predicted molar refractivity (Wildman–Crippen MR) is 52.1 cm³/mol. The average molecular weight is 178 g/mol. The lowest BCUT2D eigenvalue weighted by molar-refractivity contribution is 0.431. The van der Waals surface area contributed by atoms with Crippen LogP contribution in [0, 0.1) is 5.92 Å². The summed E-state index contributed by atoms with van der Waals surface area (Å²) < 4.78 is 0. The molecule has 2 heteroatoms. The number of hydrogen-bond donors (Lipinski definition) is 1. The summed E-state index contributed by atoms with van der Waals surface area (Å²) in [6, 6.07) is 0.534. The fourth-order valence-corrected chi connectivity index (χ4v) is 1.89. The Morgan fingerprint density at radius 2 is 2.09 bits per heavy atom. The summed E-state index contributed by atoms with van der Waals surface area (Å²) in [6.45, 7) is 2.25. The van der Waals surface area contributed by atoms with E-state index in [0.29, 0.717) is 6.04 Å². The van der Waals surface area contributed by atoms with Gasteiger partial charge in [0.1, 0.15) is 0 Å². The highest BCUT2D eigenvalue weighted by atomic mass is 35.5. The molecule has 0 aromatic rings. The van der Waals surface area contributed by atoms with Crippen LogP contribution in [-0.2, 0) is 0 Å². The minimum Gasteiger partial charge on any atom is -0.327 e. The van der Waals surface area contributed by atoms with Gasteiger partial charge in [-0.25, -0.2) is 0 Å². The van der Waals surface area contributed by atoms with Crippen molar-refractivity contribution >= 4 is 12.4 Å². The predicted octanol–water partition coefficient (Wildman–Crippen LogP) is 2.73. The first-order chi connectivity index (χ1) is 4.84. The van der Waals surface area contributed by atoms with Crippen LogP contribution in [-0.4, -0.2) is 6.04 Å². The molecule has 0 radical (unpaired) electrons. The van der Waals surface area contributed by atoms with Crippen LogP contribution < -0.4 is 5.73 Å². The highest BCUT2D eigenvalue weighted by molar-refractivity contribution is 5.85. The third kappa shape index (κ3) is 3.44. The first-order valence-corrected chi connectivity index (χ1v) is 4.60. The van der Waals surface area contributed by atoms with Crippen LogP contribution in [0.4, 0.5) is 0 Å². The third-order valence-electron chi connectivity index (χ3n) is 2.65. The highest BCUT2D eigenvalue weighted by Gasteiger charge is 2.22. The molecule has 0 aromatic heterocycles. The fourth-order valence-electron chi connectivity index (χ4n) is 1.89. The summed E-state index contributed by atoms with van der Waals surface area (Å²) in [5.74, 6) is 0.861. The zero-order chi connectivity index (χ0) is 7.40. The van der Waals surface area contributed by atoms with Gasteiger partial charge in [0, 0.05) is 6.04 Å². The molecule has 0 heterocycles. The quantitative estimate of drug-likeness (QED) is 0.705. The molecule has 2 N–H and O–H groups in total. The molecule has 1 saturated carbocycles. The molecule has 0 spiro atoms. The summed E-state index contributed by atoms with van der Waals surface area (Å²) in [4.78, 5) is 0. The van der Waals surface area contributed by atoms with Crippen LogP contribution in [0.25, 0.3) is 0 Å². The smallest absolute Gasteiger partial charge is 0.00671 e. The van der Waals surface area contributed by atoms with E-state index in [1.807, 2.05) is 0 Å². The lowest BCUT2D eigenvalue weighted by atomic mass is 9.98. The zero-order valence-electron chi connectivity index (χ0n) is 7.38. The molecule has 1 aliphatic rings. The fraction of sp³-hybridized carbons (Fsp3) is 1.00. The molecule has 68 valence electrons. The van der Waals surface area contributed by atoms with Crippen LogP contribution >= 0.6 is 12.4 Å². The molecule has 0 aromatic carbocycles. The molecular weight excluding hydrogens is 158 g/mol. The third-order valence-corrected chi connectivity index (χ3v) is 2.65. The van der Waals surface area contributed by atoms with Crippen LogP contribution in [0.2, 0.25) is 0 Å². The van der Waals surface area contributed by atoms with Gasteiger partial charge in [-0.05, 0) is 25.2 Å². The largest absolute Gasteiger partial charge is 0.327 e. The monoisotopic (exact) mass is 177 g/mol. The minimum atomic E-state index is 0. The first kappa shape index (κ1) is 11.2. The minimum absolute atomic E-state index is 0. The van der Waals surface area contributed by atoms with Crippen LogP contribution in [0.1, 0.15) is 45.4 Å². The number of rotatable bonds is 3. The van der Waals surface area contributed by atoms with E-state index in [2.05, 4.69) is 6.92 Å². The van der Waals surface area contributed by atoms with E-state index >= 15 is 0 Å². The molecule has 1 nitrogen and oxygen atoms in total. The normalized spacial score (nSPS) is 30.0. The van der Waals surface area contributed by atoms with Gasteiger partial charge in [-0.2, -0.15) is 0 Å². The second kappa shape index (κ2) is 5.84. The van der Waals surface area contributed by atoms with Crippen molar-refractivity contribution in [3.8, 4) is 0 Å². The standard InChI is InChI=1S/C9H19N.ClH/c1-2-3-5-8-6-4-7-9(8)10;/h8-9H,2-7,10H2,1H3;1H. The van der Waals surface area contributed by atoms with Gasteiger partial charge in [0.15, 0.2) is 0 Å². The maximum atomic E-state index is 5.92. The summed E-state index contributed by atoms with van der Waals surface area (Å²) >= 11 is 0. The molecule has 0 aliphatic heterocycles. The Bertz CT molecular complexity index is 95.6. The van der Waals surface area contributed by atoms with Gasteiger partial charge in [-0.1, -0.05) is 26.2 Å². The Kier molecular flexibility index (Phi) is 5.98.